The first kappa shape index (κ1) is 20.4. The van der Waals surface area contributed by atoms with Crippen molar-refractivity contribution in [2.45, 2.75) is 26.7 Å². The van der Waals surface area contributed by atoms with E-state index in [1.54, 1.807) is 28.9 Å². The van der Waals surface area contributed by atoms with Crippen molar-refractivity contribution in [1.29, 1.82) is 0 Å². The van der Waals surface area contributed by atoms with Gasteiger partial charge in [0.05, 0.1) is 6.61 Å². The molecule has 1 aromatic rings. The van der Waals surface area contributed by atoms with Crippen molar-refractivity contribution >= 4 is 23.8 Å². The predicted octanol–water partition coefficient (Wildman–Crippen LogP) is 1.88. The van der Waals surface area contributed by atoms with Gasteiger partial charge in [0, 0.05) is 44.6 Å². The molecule has 8 heteroatoms. The second-order valence-electron chi connectivity index (χ2n) is 6.18. The summed E-state index contributed by atoms with van der Waals surface area (Å²) in [5.74, 6) is 0.0877. The maximum Gasteiger partial charge on any atom is 0.513 e. The minimum absolute atomic E-state index is 0.00690. The van der Waals surface area contributed by atoms with Crippen LogP contribution in [0, 0.1) is 0 Å². The van der Waals surface area contributed by atoms with Crippen LogP contribution in [0.4, 0.5) is 4.79 Å². The van der Waals surface area contributed by atoms with E-state index in [0.717, 1.165) is 0 Å². The van der Waals surface area contributed by atoms with Gasteiger partial charge in [0.25, 0.3) is 5.91 Å². The van der Waals surface area contributed by atoms with Crippen LogP contribution in [0.15, 0.2) is 24.3 Å². The molecule has 1 aliphatic rings. The second-order valence-corrected chi connectivity index (χ2v) is 6.18. The van der Waals surface area contributed by atoms with E-state index < -0.39 is 6.16 Å². The smallest absolute Gasteiger partial charge is 0.434 e. The molecule has 0 N–H and O–H groups in total. The fourth-order valence-electron chi connectivity index (χ4n) is 2.69. The highest BCUT2D eigenvalue weighted by Crippen LogP contribution is 2.16. The molecule has 0 bridgehead atoms. The Morgan fingerprint density at radius 2 is 1.52 bits per heavy atom. The molecule has 0 spiro atoms. The molecule has 0 unspecified atom stereocenters. The normalized spacial score (nSPS) is 13.9. The molecule has 1 fully saturated rings. The standard InChI is InChI=1S/C19H24N2O6/c1-3-26-19(25)27-16-7-5-15(6-8-16)18(24)21-12-10-20(11-13-21)17(23)9-4-14(2)22/h5-8H,3-4,9-13H2,1-2H3. The second kappa shape index (κ2) is 9.70. The summed E-state index contributed by atoms with van der Waals surface area (Å²) in [6.07, 6.45) is -0.328. The quantitative estimate of drug-likeness (QED) is 0.556. The van der Waals surface area contributed by atoms with Gasteiger partial charge in [-0.25, -0.2) is 4.79 Å². The molecule has 1 aliphatic heterocycles. The number of carbonyl (C=O) groups is 4. The van der Waals surface area contributed by atoms with Crippen LogP contribution in [0.1, 0.15) is 37.0 Å². The number of ether oxygens (including phenoxy) is 2. The molecule has 0 radical (unpaired) electrons. The van der Waals surface area contributed by atoms with Gasteiger partial charge in [-0.15, -0.1) is 0 Å². The number of hydrogen-bond donors (Lipinski definition) is 0. The van der Waals surface area contributed by atoms with Crippen LogP contribution in [-0.2, 0) is 14.3 Å². The third-order valence-corrected chi connectivity index (χ3v) is 4.18. The first-order valence-electron chi connectivity index (χ1n) is 8.92. The van der Waals surface area contributed by atoms with E-state index in [1.807, 2.05) is 0 Å². The molecule has 8 nitrogen and oxygen atoms in total. The SMILES string of the molecule is CCOC(=O)Oc1ccc(C(=O)N2CCN(C(=O)CCC(C)=O)CC2)cc1. The van der Waals surface area contributed by atoms with Gasteiger partial charge in [0.2, 0.25) is 5.91 Å². The Morgan fingerprint density at radius 1 is 0.926 bits per heavy atom. The van der Waals surface area contributed by atoms with Gasteiger partial charge in [0.15, 0.2) is 0 Å². The van der Waals surface area contributed by atoms with Gasteiger partial charge in [0.1, 0.15) is 11.5 Å². The number of hydrogen-bond acceptors (Lipinski definition) is 6. The van der Waals surface area contributed by atoms with Crippen LogP contribution in [0.3, 0.4) is 0 Å². The van der Waals surface area contributed by atoms with Crippen molar-refractivity contribution in [3.8, 4) is 5.75 Å². The highest BCUT2D eigenvalue weighted by molar-refractivity contribution is 5.94. The summed E-state index contributed by atoms with van der Waals surface area (Å²) in [5, 5.41) is 0. The molecule has 27 heavy (non-hydrogen) atoms. The maximum absolute atomic E-state index is 12.6. The van der Waals surface area contributed by atoms with E-state index in [-0.39, 0.29) is 37.0 Å². The lowest BCUT2D eigenvalue weighted by Crippen LogP contribution is -2.50. The number of benzene rings is 1. The van der Waals surface area contributed by atoms with Gasteiger partial charge < -0.3 is 24.1 Å². The molecule has 146 valence electrons. The summed E-state index contributed by atoms with van der Waals surface area (Å²) in [4.78, 5) is 50.2. The molecule has 1 heterocycles. The fraction of sp³-hybridized carbons (Fsp3) is 0.474. The Balaban J connectivity index is 1.85. The minimum Gasteiger partial charge on any atom is -0.434 e. The van der Waals surface area contributed by atoms with Crippen molar-refractivity contribution in [2.75, 3.05) is 32.8 Å². The summed E-state index contributed by atoms with van der Waals surface area (Å²) in [6, 6.07) is 6.24. The van der Waals surface area contributed by atoms with E-state index in [0.29, 0.717) is 37.5 Å². The Kier molecular flexibility index (Phi) is 7.34. The third-order valence-electron chi connectivity index (χ3n) is 4.18. The molecule has 1 aromatic carbocycles. The average molecular weight is 376 g/mol. The summed E-state index contributed by atoms with van der Waals surface area (Å²) >= 11 is 0. The highest BCUT2D eigenvalue weighted by Gasteiger charge is 2.24. The predicted molar refractivity (Wildman–Crippen MR) is 96.5 cm³/mol. The Labute approximate surface area is 158 Å². The van der Waals surface area contributed by atoms with Crippen molar-refractivity contribution in [1.82, 2.24) is 9.80 Å². The number of piperazine rings is 1. The Hall–Kier alpha value is -2.90. The number of amides is 2. The largest absolute Gasteiger partial charge is 0.513 e. The maximum atomic E-state index is 12.6. The lowest BCUT2D eigenvalue weighted by molar-refractivity contribution is -0.134. The van der Waals surface area contributed by atoms with E-state index in [9.17, 15) is 19.2 Å². The molecular formula is C19H24N2O6. The van der Waals surface area contributed by atoms with Crippen LogP contribution in [0.25, 0.3) is 0 Å². The van der Waals surface area contributed by atoms with Gasteiger partial charge >= 0.3 is 6.16 Å². The number of nitrogens with zero attached hydrogens (tertiary/aromatic N) is 2. The summed E-state index contributed by atoms with van der Waals surface area (Å²) < 4.78 is 9.65. The van der Waals surface area contributed by atoms with Gasteiger partial charge in [-0.1, -0.05) is 0 Å². The van der Waals surface area contributed by atoms with Crippen molar-refractivity contribution in [3.63, 3.8) is 0 Å². The minimum atomic E-state index is -0.790. The molecule has 0 aliphatic carbocycles. The van der Waals surface area contributed by atoms with Crippen LogP contribution < -0.4 is 4.74 Å². The lowest BCUT2D eigenvalue weighted by atomic mass is 10.1. The lowest BCUT2D eigenvalue weighted by Gasteiger charge is -2.34. The molecule has 1 saturated heterocycles. The van der Waals surface area contributed by atoms with Crippen LogP contribution in [-0.4, -0.2) is 66.3 Å². The molecule has 2 amide bonds. The zero-order valence-electron chi connectivity index (χ0n) is 15.6. The summed E-state index contributed by atoms with van der Waals surface area (Å²) in [5.41, 5.74) is 0.475. The van der Waals surface area contributed by atoms with E-state index in [1.165, 1.54) is 19.1 Å². The fourth-order valence-corrected chi connectivity index (χ4v) is 2.69. The first-order valence-corrected chi connectivity index (χ1v) is 8.92. The van der Waals surface area contributed by atoms with Crippen LogP contribution in [0.5, 0.6) is 5.75 Å². The summed E-state index contributed by atoms with van der Waals surface area (Å²) in [7, 11) is 0. The Bertz CT molecular complexity index is 693. The molecule has 2 rings (SSSR count). The zero-order chi connectivity index (χ0) is 19.8. The van der Waals surface area contributed by atoms with Gasteiger partial charge in [-0.2, -0.15) is 0 Å². The van der Waals surface area contributed by atoms with Crippen LogP contribution in [0.2, 0.25) is 0 Å². The molecule has 0 atom stereocenters. The van der Waals surface area contributed by atoms with Gasteiger partial charge in [-0.3, -0.25) is 9.59 Å². The number of carbonyl (C=O) groups excluding carboxylic acids is 4. The van der Waals surface area contributed by atoms with Crippen LogP contribution >= 0.6 is 0 Å². The molecule has 0 aromatic heterocycles. The average Bonchev–Trinajstić information content (AvgIpc) is 2.66. The number of rotatable bonds is 6. The first-order chi connectivity index (χ1) is 12.9. The molecule has 0 saturated carbocycles. The Morgan fingerprint density at radius 3 is 2.07 bits per heavy atom. The highest BCUT2D eigenvalue weighted by atomic mass is 16.7. The van der Waals surface area contributed by atoms with E-state index in [2.05, 4.69) is 0 Å². The monoisotopic (exact) mass is 376 g/mol. The topological polar surface area (TPSA) is 93.2 Å². The van der Waals surface area contributed by atoms with E-state index >= 15 is 0 Å². The van der Waals surface area contributed by atoms with Crippen molar-refractivity contribution < 1.29 is 28.7 Å². The third kappa shape index (κ3) is 6.09. The zero-order valence-corrected chi connectivity index (χ0v) is 15.6. The number of ketones is 1. The van der Waals surface area contributed by atoms with E-state index in [4.69, 9.17) is 9.47 Å². The van der Waals surface area contributed by atoms with Gasteiger partial charge in [-0.05, 0) is 38.1 Å². The van der Waals surface area contributed by atoms with Crippen molar-refractivity contribution in [3.05, 3.63) is 29.8 Å². The number of Topliss-reactive ketones (excluding diaryl/α,β-unsaturated/α-hetero) is 1. The van der Waals surface area contributed by atoms with Crippen molar-refractivity contribution in [2.24, 2.45) is 0 Å². The summed E-state index contributed by atoms with van der Waals surface area (Å²) in [6.45, 7) is 5.14. The molecular weight excluding hydrogens is 352 g/mol.